The van der Waals surface area contributed by atoms with Crippen LogP contribution in [0.15, 0.2) is 21.5 Å². The van der Waals surface area contributed by atoms with Crippen LogP contribution in [0.1, 0.15) is 5.56 Å². The fourth-order valence-electron chi connectivity index (χ4n) is 2.04. The van der Waals surface area contributed by atoms with E-state index in [-0.39, 0.29) is 16.4 Å². The van der Waals surface area contributed by atoms with Gasteiger partial charge in [-0.2, -0.15) is 0 Å². The first-order chi connectivity index (χ1) is 12.8. The number of ether oxygens (including phenoxy) is 3. The van der Waals surface area contributed by atoms with E-state index in [2.05, 4.69) is 20.7 Å². The minimum Gasteiger partial charge on any atom is -0.493 e. The molecule has 2 amide bonds. The highest BCUT2D eigenvalue weighted by Gasteiger charge is 2.36. The zero-order chi connectivity index (χ0) is 20.1. The number of carbonyl (C=O) groups excluding carboxylic acids is 3. The molecule has 1 aliphatic rings. The third-order valence-corrected chi connectivity index (χ3v) is 4.90. The van der Waals surface area contributed by atoms with E-state index >= 15 is 0 Å². The number of carboxylic acids is 1. The molecule has 0 aromatic heterocycles. The van der Waals surface area contributed by atoms with E-state index in [1.807, 2.05) is 0 Å². The van der Waals surface area contributed by atoms with Gasteiger partial charge in [-0.05, 0) is 35.5 Å². The van der Waals surface area contributed by atoms with Gasteiger partial charge in [0.05, 0.1) is 19.1 Å². The monoisotopic (exact) mass is 459 g/mol. The first kappa shape index (κ1) is 20.8. The van der Waals surface area contributed by atoms with Crippen LogP contribution in [0, 0.1) is 0 Å². The Bertz CT molecular complexity index is 838. The third-order valence-electron chi connectivity index (χ3n) is 3.31. The Morgan fingerprint density at radius 1 is 1.26 bits per heavy atom. The molecule has 1 aromatic rings. The molecular formula is C16H14BrNO8S. The maximum absolute atomic E-state index is 12.4. The molecule has 1 N–H and O–H groups in total. The number of imide groups is 1. The average molecular weight is 460 g/mol. The average Bonchev–Trinajstić information content (AvgIpc) is 2.88. The number of carboxylic acid groups (broad SMARTS) is 1. The highest BCUT2D eigenvalue weighted by Crippen LogP contribution is 2.38. The zero-order valence-corrected chi connectivity index (χ0v) is 16.6. The molecule has 0 saturated carbocycles. The number of carbonyl (C=O) groups is 4. The molecule has 0 unspecified atom stereocenters. The molecule has 1 aliphatic heterocycles. The minimum atomic E-state index is -1.14. The lowest BCUT2D eigenvalue weighted by atomic mass is 10.2. The van der Waals surface area contributed by atoms with Crippen molar-refractivity contribution in [2.75, 3.05) is 27.4 Å². The standard InChI is InChI=1S/C16H14BrNO8S/c1-24-10-3-8(9(17)5-11(10)26-7-13(19)20)4-12-15(22)18(16(23)27-12)6-14(21)25-2/h3-5H,6-7H2,1-2H3,(H,19,20)/b12-4-. The Kier molecular flexibility index (Phi) is 6.86. The topological polar surface area (TPSA) is 119 Å². The molecule has 27 heavy (non-hydrogen) atoms. The largest absolute Gasteiger partial charge is 0.493 e. The van der Waals surface area contributed by atoms with Crippen LogP contribution < -0.4 is 9.47 Å². The number of rotatable bonds is 7. The predicted molar refractivity (Wildman–Crippen MR) is 98.5 cm³/mol. The molecule has 1 fully saturated rings. The van der Waals surface area contributed by atoms with Gasteiger partial charge in [-0.15, -0.1) is 0 Å². The Labute approximate surface area is 166 Å². The van der Waals surface area contributed by atoms with Crippen molar-refractivity contribution in [3.8, 4) is 11.5 Å². The van der Waals surface area contributed by atoms with Gasteiger partial charge in [0, 0.05) is 4.47 Å². The van der Waals surface area contributed by atoms with E-state index in [0.717, 1.165) is 12.0 Å². The summed E-state index contributed by atoms with van der Waals surface area (Å²) >= 11 is 4.00. The van der Waals surface area contributed by atoms with Crippen LogP contribution in [0.4, 0.5) is 4.79 Å². The van der Waals surface area contributed by atoms with Crippen LogP contribution >= 0.6 is 27.7 Å². The van der Waals surface area contributed by atoms with Crippen LogP contribution in [0.2, 0.25) is 0 Å². The van der Waals surface area contributed by atoms with Crippen molar-refractivity contribution >= 4 is 56.9 Å². The van der Waals surface area contributed by atoms with Crippen LogP contribution in [0.3, 0.4) is 0 Å². The van der Waals surface area contributed by atoms with Gasteiger partial charge >= 0.3 is 11.9 Å². The summed E-state index contributed by atoms with van der Waals surface area (Å²) in [4.78, 5) is 47.2. The summed E-state index contributed by atoms with van der Waals surface area (Å²) in [5.41, 5.74) is 0.498. The molecule has 0 radical (unpaired) electrons. The van der Waals surface area contributed by atoms with Crippen molar-refractivity contribution in [1.29, 1.82) is 0 Å². The van der Waals surface area contributed by atoms with Crippen molar-refractivity contribution in [1.82, 2.24) is 4.90 Å². The van der Waals surface area contributed by atoms with Crippen LogP contribution in [0.25, 0.3) is 6.08 Å². The summed E-state index contributed by atoms with van der Waals surface area (Å²) < 4.78 is 15.3. The van der Waals surface area contributed by atoms with Crippen molar-refractivity contribution in [3.63, 3.8) is 0 Å². The Balaban J connectivity index is 2.30. The number of amides is 2. The number of esters is 1. The number of aliphatic carboxylic acids is 1. The zero-order valence-electron chi connectivity index (χ0n) is 14.2. The SMILES string of the molecule is COC(=O)CN1C(=O)S/C(=C\c2cc(OC)c(OCC(=O)O)cc2Br)C1=O. The maximum atomic E-state index is 12.4. The smallest absolute Gasteiger partial charge is 0.341 e. The Morgan fingerprint density at radius 3 is 2.56 bits per heavy atom. The van der Waals surface area contributed by atoms with Crippen molar-refractivity contribution < 1.29 is 38.5 Å². The van der Waals surface area contributed by atoms with Gasteiger partial charge in [-0.25, -0.2) is 4.79 Å². The van der Waals surface area contributed by atoms with Gasteiger partial charge in [0.25, 0.3) is 11.1 Å². The second kappa shape index (κ2) is 8.91. The molecule has 2 rings (SSSR count). The van der Waals surface area contributed by atoms with E-state index in [4.69, 9.17) is 14.6 Å². The molecule has 11 heteroatoms. The third kappa shape index (κ3) is 5.01. The second-order valence-corrected chi connectivity index (χ2v) is 6.90. The molecule has 1 heterocycles. The van der Waals surface area contributed by atoms with Gasteiger partial charge in [0.2, 0.25) is 0 Å². The number of benzene rings is 1. The van der Waals surface area contributed by atoms with Crippen LogP contribution in [-0.4, -0.2) is 60.5 Å². The van der Waals surface area contributed by atoms with E-state index in [9.17, 15) is 19.2 Å². The molecule has 144 valence electrons. The minimum absolute atomic E-state index is 0.117. The lowest BCUT2D eigenvalue weighted by Crippen LogP contribution is -2.34. The quantitative estimate of drug-likeness (QED) is 0.482. The summed E-state index contributed by atoms with van der Waals surface area (Å²) in [5, 5.41) is 8.13. The normalized spacial score (nSPS) is 15.2. The first-order valence-electron chi connectivity index (χ1n) is 7.31. The number of thioether (sulfide) groups is 1. The Hall–Kier alpha value is -2.53. The number of methoxy groups -OCH3 is 2. The number of nitrogens with zero attached hydrogens (tertiary/aromatic N) is 1. The van der Waals surface area contributed by atoms with E-state index < -0.39 is 36.2 Å². The molecule has 0 atom stereocenters. The second-order valence-electron chi connectivity index (χ2n) is 5.05. The summed E-state index contributed by atoms with van der Waals surface area (Å²) in [7, 11) is 2.54. The molecule has 0 spiro atoms. The number of hydrogen-bond acceptors (Lipinski definition) is 8. The van der Waals surface area contributed by atoms with Crippen LogP contribution in [-0.2, 0) is 19.1 Å². The molecule has 0 bridgehead atoms. The molecule has 9 nitrogen and oxygen atoms in total. The fourth-order valence-corrected chi connectivity index (χ4v) is 3.31. The molecule has 1 saturated heterocycles. The lowest BCUT2D eigenvalue weighted by molar-refractivity contribution is -0.143. The first-order valence-corrected chi connectivity index (χ1v) is 8.92. The van der Waals surface area contributed by atoms with Crippen molar-refractivity contribution in [2.24, 2.45) is 0 Å². The van der Waals surface area contributed by atoms with Gasteiger partial charge in [0.1, 0.15) is 6.54 Å². The molecule has 0 aliphatic carbocycles. The fraction of sp³-hybridized carbons (Fsp3) is 0.250. The van der Waals surface area contributed by atoms with Crippen LogP contribution in [0.5, 0.6) is 11.5 Å². The van der Waals surface area contributed by atoms with E-state index in [1.54, 1.807) is 0 Å². The molecule has 1 aromatic carbocycles. The van der Waals surface area contributed by atoms with E-state index in [1.165, 1.54) is 25.3 Å². The maximum Gasteiger partial charge on any atom is 0.341 e. The summed E-state index contributed by atoms with van der Waals surface area (Å²) in [6, 6.07) is 3.02. The van der Waals surface area contributed by atoms with Gasteiger partial charge in [0.15, 0.2) is 18.1 Å². The Morgan fingerprint density at radius 2 is 1.96 bits per heavy atom. The predicted octanol–water partition coefficient (Wildman–Crippen LogP) is 2.13. The highest BCUT2D eigenvalue weighted by atomic mass is 79.9. The summed E-state index contributed by atoms with van der Waals surface area (Å²) in [6.07, 6.45) is 1.45. The molecular weight excluding hydrogens is 446 g/mol. The number of halogens is 1. The van der Waals surface area contributed by atoms with Crippen molar-refractivity contribution in [3.05, 3.63) is 27.1 Å². The number of hydrogen-bond donors (Lipinski definition) is 1. The van der Waals surface area contributed by atoms with E-state index in [0.29, 0.717) is 21.8 Å². The van der Waals surface area contributed by atoms with Gasteiger partial charge in [-0.1, -0.05) is 15.9 Å². The lowest BCUT2D eigenvalue weighted by Gasteiger charge is -2.12. The summed E-state index contributed by atoms with van der Waals surface area (Å²) in [6.45, 7) is -1.01. The summed E-state index contributed by atoms with van der Waals surface area (Å²) in [5.74, 6) is -2.02. The van der Waals surface area contributed by atoms with Gasteiger partial charge < -0.3 is 19.3 Å². The van der Waals surface area contributed by atoms with Gasteiger partial charge in [-0.3, -0.25) is 19.3 Å². The van der Waals surface area contributed by atoms with Crippen molar-refractivity contribution in [2.45, 2.75) is 0 Å². The highest BCUT2D eigenvalue weighted by molar-refractivity contribution is 9.10.